The Bertz CT molecular complexity index is 1020. The number of nitrogens with zero attached hydrogens (tertiary/aromatic N) is 1. The molecule has 3 aromatic rings. The third-order valence-electron chi connectivity index (χ3n) is 4.23. The van der Waals surface area contributed by atoms with Crippen molar-refractivity contribution in [3.63, 3.8) is 0 Å². The predicted octanol–water partition coefficient (Wildman–Crippen LogP) is 3.45. The van der Waals surface area contributed by atoms with Crippen LogP contribution in [0.5, 0.6) is 5.75 Å². The van der Waals surface area contributed by atoms with Gasteiger partial charge in [0.1, 0.15) is 11.6 Å². The Kier molecular flexibility index (Phi) is 6.52. The third-order valence-corrected chi connectivity index (χ3v) is 4.23. The first-order valence-electron chi connectivity index (χ1n) is 8.99. The molecule has 1 aromatic heterocycles. The van der Waals surface area contributed by atoms with Gasteiger partial charge in [0.2, 0.25) is 0 Å². The summed E-state index contributed by atoms with van der Waals surface area (Å²) in [5.74, 6) is -0.472. The minimum absolute atomic E-state index is 0.245. The van der Waals surface area contributed by atoms with Crippen LogP contribution < -0.4 is 15.4 Å². The van der Waals surface area contributed by atoms with Gasteiger partial charge < -0.3 is 15.4 Å². The number of aromatic nitrogens is 1. The number of halogens is 1. The van der Waals surface area contributed by atoms with Gasteiger partial charge in [-0.05, 0) is 36.2 Å². The van der Waals surface area contributed by atoms with Gasteiger partial charge in [0, 0.05) is 30.7 Å². The van der Waals surface area contributed by atoms with Crippen molar-refractivity contribution in [1.29, 1.82) is 0 Å². The van der Waals surface area contributed by atoms with Crippen LogP contribution in [0, 0.1) is 5.82 Å². The Morgan fingerprint density at radius 1 is 1.00 bits per heavy atom. The molecule has 0 spiro atoms. The van der Waals surface area contributed by atoms with Crippen molar-refractivity contribution < 1.29 is 18.7 Å². The number of amides is 2. The van der Waals surface area contributed by atoms with Crippen molar-refractivity contribution in [3.05, 3.63) is 89.5 Å². The highest BCUT2D eigenvalue weighted by Gasteiger charge is 2.12. The molecule has 0 atom stereocenters. The highest BCUT2D eigenvalue weighted by Crippen LogP contribution is 2.17. The van der Waals surface area contributed by atoms with Crippen LogP contribution in [0.3, 0.4) is 0 Å². The molecule has 2 N–H and O–H groups in total. The monoisotopic (exact) mass is 393 g/mol. The SMILES string of the molecule is COc1cccc(NC(=O)c2cncc(C(=O)NCCc3ccccc3F)c2)c1. The minimum atomic E-state index is -0.397. The van der Waals surface area contributed by atoms with Crippen LogP contribution in [0.2, 0.25) is 0 Å². The molecule has 2 amide bonds. The van der Waals surface area contributed by atoms with E-state index in [9.17, 15) is 14.0 Å². The summed E-state index contributed by atoms with van der Waals surface area (Å²) >= 11 is 0. The van der Waals surface area contributed by atoms with Crippen molar-refractivity contribution >= 4 is 17.5 Å². The van der Waals surface area contributed by atoms with Crippen LogP contribution in [0.25, 0.3) is 0 Å². The number of ether oxygens (including phenoxy) is 1. The van der Waals surface area contributed by atoms with Gasteiger partial charge in [-0.1, -0.05) is 24.3 Å². The summed E-state index contributed by atoms with van der Waals surface area (Å²) in [6, 6.07) is 14.8. The average molecular weight is 393 g/mol. The third kappa shape index (κ3) is 5.38. The first-order chi connectivity index (χ1) is 14.1. The van der Waals surface area contributed by atoms with Gasteiger partial charge in [-0.25, -0.2) is 4.39 Å². The van der Waals surface area contributed by atoms with Gasteiger partial charge in [0.15, 0.2) is 0 Å². The summed E-state index contributed by atoms with van der Waals surface area (Å²) in [5.41, 5.74) is 1.58. The lowest BCUT2D eigenvalue weighted by atomic mass is 10.1. The summed E-state index contributed by atoms with van der Waals surface area (Å²) < 4.78 is 18.8. The van der Waals surface area contributed by atoms with E-state index in [-0.39, 0.29) is 29.4 Å². The second-order valence-corrected chi connectivity index (χ2v) is 6.25. The quantitative estimate of drug-likeness (QED) is 0.644. The van der Waals surface area contributed by atoms with E-state index < -0.39 is 5.91 Å². The van der Waals surface area contributed by atoms with Crippen molar-refractivity contribution in [2.45, 2.75) is 6.42 Å². The normalized spacial score (nSPS) is 10.3. The number of benzene rings is 2. The molecule has 0 aliphatic rings. The molecule has 7 heteroatoms. The number of anilines is 1. The number of nitrogens with one attached hydrogen (secondary N) is 2. The summed E-state index contributed by atoms with van der Waals surface area (Å²) in [7, 11) is 1.54. The first-order valence-corrected chi connectivity index (χ1v) is 8.99. The lowest BCUT2D eigenvalue weighted by Crippen LogP contribution is -2.26. The average Bonchev–Trinajstić information content (AvgIpc) is 2.75. The fraction of sp³-hybridized carbons (Fsp3) is 0.136. The lowest BCUT2D eigenvalue weighted by Gasteiger charge is -2.09. The van der Waals surface area contributed by atoms with E-state index in [1.807, 2.05) is 0 Å². The van der Waals surface area contributed by atoms with Crippen LogP contribution >= 0.6 is 0 Å². The molecule has 3 rings (SSSR count). The maximum atomic E-state index is 13.6. The molecular weight excluding hydrogens is 373 g/mol. The van der Waals surface area contributed by atoms with Crippen LogP contribution in [-0.4, -0.2) is 30.5 Å². The maximum absolute atomic E-state index is 13.6. The number of hydrogen-bond donors (Lipinski definition) is 2. The van der Waals surface area contributed by atoms with Crippen molar-refractivity contribution in [3.8, 4) is 5.75 Å². The number of carbonyl (C=O) groups is 2. The van der Waals surface area contributed by atoms with Gasteiger partial charge in [0.05, 0.1) is 18.2 Å². The van der Waals surface area contributed by atoms with Gasteiger partial charge in [-0.3, -0.25) is 14.6 Å². The van der Waals surface area contributed by atoms with E-state index in [0.29, 0.717) is 23.4 Å². The summed E-state index contributed by atoms with van der Waals surface area (Å²) in [4.78, 5) is 28.8. The molecule has 0 saturated heterocycles. The van der Waals surface area contributed by atoms with E-state index >= 15 is 0 Å². The molecule has 0 aliphatic heterocycles. The molecule has 1 heterocycles. The highest BCUT2D eigenvalue weighted by atomic mass is 19.1. The minimum Gasteiger partial charge on any atom is -0.497 e. The summed E-state index contributed by atoms with van der Waals surface area (Å²) in [6.07, 6.45) is 3.12. The van der Waals surface area contributed by atoms with Gasteiger partial charge in [-0.15, -0.1) is 0 Å². The number of rotatable bonds is 7. The zero-order valence-electron chi connectivity index (χ0n) is 15.8. The molecule has 0 unspecified atom stereocenters. The Balaban J connectivity index is 1.61. The molecule has 0 saturated carbocycles. The number of pyridine rings is 1. The second-order valence-electron chi connectivity index (χ2n) is 6.25. The first kappa shape index (κ1) is 20.0. The van der Waals surface area contributed by atoms with Crippen LogP contribution in [-0.2, 0) is 6.42 Å². The standard InChI is InChI=1S/C22H20FN3O3/c1-29-19-7-4-6-18(12-19)26-22(28)17-11-16(13-24-14-17)21(27)25-10-9-15-5-2-3-8-20(15)23/h2-8,11-14H,9-10H2,1H3,(H,25,27)(H,26,28). The fourth-order valence-electron chi connectivity index (χ4n) is 2.71. The van der Waals surface area contributed by atoms with Crippen LogP contribution in [0.1, 0.15) is 26.3 Å². The number of carbonyl (C=O) groups excluding carboxylic acids is 2. The Hall–Kier alpha value is -3.74. The number of hydrogen-bond acceptors (Lipinski definition) is 4. The lowest BCUT2D eigenvalue weighted by molar-refractivity contribution is 0.0953. The topological polar surface area (TPSA) is 80.3 Å². The van der Waals surface area contributed by atoms with E-state index in [4.69, 9.17) is 4.74 Å². The number of methoxy groups -OCH3 is 1. The van der Waals surface area contributed by atoms with Gasteiger partial charge in [0.25, 0.3) is 11.8 Å². The zero-order valence-corrected chi connectivity index (χ0v) is 15.8. The van der Waals surface area contributed by atoms with Crippen molar-refractivity contribution in [2.24, 2.45) is 0 Å². The van der Waals surface area contributed by atoms with E-state index in [1.54, 1.807) is 49.6 Å². The Morgan fingerprint density at radius 2 is 1.76 bits per heavy atom. The maximum Gasteiger partial charge on any atom is 0.257 e. The smallest absolute Gasteiger partial charge is 0.257 e. The Labute approximate surface area is 167 Å². The van der Waals surface area contributed by atoms with E-state index in [0.717, 1.165) is 0 Å². The van der Waals surface area contributed by atoms with Crippen LogP contribution in [0.4, 0.5) is 10.1 Å². The molecule has 0 bridgehead atoms. The molecule has 2 aromatic carbocycles. The zero-order chi connectivity index (χ0) is 20.6. The van der Waals surface area contributed by atoms with E-state index in [1.165, 1.54) is 24.5 Å². The molecule has 148 valence electrons. The summed E-state index contributed by atoms with van der Waals surface area (Å²) in [6.45, 7) is 0.264. The molecule has 0 radical (unpaired) electrons. The van der Waals surface area contributed by atoms with Gasteiger partial charge in [-0.2, -0.15) is 0 Å². The molecule has 6 nitrogen and oxygen atoms in total. The summed E-state index contributed by atoms with van der Waals surface area (Å²) in [5, 5.41) is 5.45. The van der Waals surface area contributed by atoms with Crippen molar-refractivity contribution in [1.82, 2.24) is 10.3 Å². The molecule has 0 fully saturated rings. The fourth-order valence-corrected chi connectivity index (χ4v) is 2.71. The van der Waals surface area contributed by atoms with E-state index in [2.05, 4.69) is 15.6 Å². The second kappa shape index (κ2) is 9.45. The predicted molar refractivity (Wildman–Crippen MR) is 108 cm³/mol. The molecule has 29 heavy (non-hydrogen) atoms. The van der Waals surface area contributed by atoms with Crippen molar-refractivity contribution in [2.75, 3.05) is 19.0 Å². The molecular formula is C22H20FN3O3. The van der Waals surface area contributed by atoms with Crippen LogP contribution in [0.15, 0.2) is 67.0 Å². The molecule has 0 aliphatic carbocycles. The Morgan fingerprint density at radius 3 is 2.52 bits per heavy atom. The highest BCUT2D eigenvalue weighted by molar-refractivity contribution is 6.05. The van der Waals surface area contributed by atoms with Gasteiger partial charge >= 0.3 is 0 Å². The largest absolute Gasteiger partial charge is 0.497 e.